The minimum Gasteiger partial charge on any atom is -0.280 e. The van der Waals surface area contributed by atoms with Gasteiger partial charge in [0.2, 0.25) is 5.91 Å². The Bertz CT molecular complexity index is 932. The van der Waals surface area contributed by atoms with Crippen LogP contribution in [-0.4, -0.2) is 5.91 Å². The van der Waals surface area contributed by atoms with Gasteiger partial charge in [-0.05, 0) is 35.4 Å². The van der Waals surface area contributed by atoms with Gasteiger partial charge in [0.15, 0.2) is 0 Å². The Hall–Kier alpha value is -2.58. The summed E-state index contributed by atoms with van der Waals surface area (Å²) in [5, 5.41) is 0.660. The van der Waals surface area contributed by atoms with Gasteiger partial charge in [-0.2, -0.15) is 0 Å². The molecule has 3 aromatic carbocycles. The molecule has 0 bridgehead atoms. The highest BCUT2D eigenvalue weighted by Gasteiger charge is 2.26. The summed E-state index contributed by atoms with van der Waals surface area (Å²) in [5.41, 5.74) is 5.97. The zero-order valence-corrected chi connectivity index (χ0v) is 13.3. The van der Waals surface area contributed by atoms with E-state index in [0.717, 1.165) is 33.6 Å². The first-order valence-electron chi connectivity index (χ1n) is 7.46. The van der Waals surface area contributed by atoms with Gasteiger partial charge in [0, 0.05) is 23.1 Å². The number of para-hydroxylation sites is 1. The van der Waals surface area contributed by atoms with Crippen LogP contribution in [0.4, 0.5) is 11.4 Å². The number of anilines is 2. The van der Waals surface area contributed by atoms with Gasteiger partial charge in [-0.15, -0.1) is 0 Å². The average Bonchev–Trinajstić information content (AvgIpc) is 2.68. The minimum atomic E-state index is -0.0196. The summed E-state index contributed by atoms with van der Waals surface area (Å²) in [7, 11) is 0. The van der Waals surface area contributed by atoms with Crippen molar-refractivity contribution >= 4 is 28.9 Å². The van der Waals surface area contributed by atoms with E-state index in [9.17, 15) is 4.79 Å². The van der Waals surface area contributed by atoms with Gasteiger partial charge < -0.3 is 0 Å². The van der Waals surface area contributed by atoms with Crippen LogP contribution in [0.2, 0.25) is 5.02 Å². The largest absolute Gasteiger partial charge is 0.280 e. The number of carbonyl (C=O) groups is 1. The van der Waals surface area contributed by atoms with Crippen LogP contribution in [0.3, 0.4) is 0 Å². The second-order valence-corrected chi connectivity index (χ2v) is 6.02. The van der Waals surface area contributed by atoms with Crippen molar-refractivity contribution in [1.29, 1.82) is 0 Å². The third-order valence-corrected chi connectivity index (χ3v) is 4.40. The fourth-order valence-corrected chi connectivity index (χ4v) is 3.41. The van der Waals surface area contributed by atoms with Crippen LogP contribution in [-0.2, 0) is 4.79 Å². The lowest BCUT2D eigenvalue weighted by atomic mass is 9.95. The zero-order chi connectivity index (χ0) is 16.0. The Morgan fingerprint density at radius 1 is 0.783 bits per heavy atom. The second-order valence-electron chi connectivity index (χ2n) is 5.58. The van der Waals surface area contributed by atoms with E-state index in [0.29, 0.717) is 5.02 Å². The third-order valence-electron chi connectivity index (χ3n) is 4.17. The number of rotatable bonds is 0. The van der Waals surface area contributed by atoms with Gasteiger partial charge in [0.05, 0.1) is 11.4 Å². The van der Waals surface area contributed by atoms with Crippen LogP contribution >= 0.6 is 11.6 Å². The molecule has 112 valence electrons. The predicted molar refractivity (Wildman–Crippen MR) is 95.1 cm³/mol. The third kappa shape index (κ3) is 2.14. The molecule has 0 fully saturated rings. The first-order valence-corrected chi connectivity index (χ1v) is 7.83. The summed E-state index contributed by atoms with van der Waals surface area (Å²) in [4.78, 5) is 14.2. The molecule has 1 heterocycles. The van der Waals surface area contributed by atoms with Crippen molar-refractivity contribution in [2.45, 2.75) is 6.92 Å². The van der Waals surface area contributed by atoms with Crippen LogP contribution in [0, 0.1) is 0 Å². The van der Waals surface area contributed by atoms with E-state index in [1.807, 2.05) is 48.5 Å². The number of nitrogens with zero attached hydrogens (tertiary/aromatic N) is 1. The summed E-state index contributed by atoms with van der Waals surface area (Å²) in [6, 6.07) is 21.8. The fourth-order valence-electron chi connectivity index (χ4n) is 3.24. The van der Waals surface area contributed by atoms with E-state index in [-0.39, 0.29) is 5.91 Å². The Kier molecular flexibility index (Phi) is 3.21. The Labute approximate surface area is 139 Å². The molecule has 0 spiro atoms. The van der Waals surface area contributed by atoms with Crippen LogP contribution in [0.15, 0.2) is 66.7 Å². The van der Waals surface area contributed by atoms with E-state index in [2.05, 4.69) is 18.2 Å². The summed E-state index contributed by atoms with van der Waals surface area (Å²) in [5.74, 6) is -0.0196. The van der Waals surface area contributed by atoms with Crippen molar-refractivity contribution in [2.75, 3.05) is 4.90 Å². The Morgan fingerprint density at radius 3 is 2.04 bits per heavy atom. The number of carbonyl (C=O) groups excluding carboxylic acids is 1. The molecule has 0 radical (unpaired) electrons. The van der Waals surface area contributed by atoms with E-state index in [4.69, 9.17) is 11.6 Å². The highest BCUT2D eigenvalue weighted by Crippen LogP contribution is 2.48. The molecule has 4 rings (SSSR count). The van der Waals surface area contributed by atoms with Gasteiger partial charge in [-0.3, -0.25) is 9.69 Å². The Balaban J connectivity index is 2.18. The molecule has 0 atom stereocenters. The molecule has 0 aliphatic carbocycles. The summed E-state index contributed by atoms with van der Waals surface area (Å²) in [6.07, 6.45) is 0. The lowest BCUT2D eigenvalue weighted by Gasteiger charge is -2.23. The zero-order valence-electron chi connectivity index (χ0n) is 12.6. The molecular formula is C20H14ClNO. The van der Waals surface area contributed by atoms with Crippen molar-refractivity contribution in [3.05, 3.63) is 71.8 Å². The lowest BCUT2D eigenvalue weighted by Crippen LogP contribution is -2.23. The van der Waals surface area contributed by atoms with E-state index in [1.165, 1.54) is 0 Å². The second kappa shape index (κ2) is 5.25. The number of hydrogen-bond donors (Lipinski definition) is 0. The van der Waals surface area contributed by atoms with Crippen LogP contribution in [0.5, 0.6) is 0 Å². The van der Waals surface area contributed by atoms with Crippen LogP contribution < -0.4 is 4.90 Å². The topological polar surface area (TPSA) is 20.3 Å². The molecule has 3 aromatic rings. The summed E-state index contributed by atoms with van der Waals surface area (Å²) >= 11 is 6.23. The molecule has 2 nitrogen and oxygen atoms in total. The van der Waals surface area contributed by atoms with Gasteiger partial charge in [0.1, 0.15) is 0 Å². The monoisotopic (exact) mass is 319 g/mol. The summed E-state index contributed by atoms with van der Waals surface area (Å²) < 4.78 is 0. The predicted octanol–water partition coefficient (Wildman–Crippen LogP) is 5.67. The summed E-state index contributed by atoms with van der Waals surface area (Å²) in [6.45, 7) is 1.59. The Morgan fingerprint density at radius 2 is 1.35 bits per heavy atom. The van der Waals surface area contributed by atoms with Crippen molar-refractivity contribution in [3.63, 3.8) is 0 Å². The molecule has 0 unspecified atom stereocenters. The highest BCUT2D eigenvalue weighted by molar-refractivity contribution is 6.31. The van der Waals surface area contributed by atoms with Gasteiger partial charge in [-0.25, -0.2) is 0 Å². The number of benzene rings is 3. The van der Waals surface area contributed by atoms with Gasteiger partial charge >= 0.3 is 0 Å². The normalized spacial score (nSPS) is 12.0. The maximum absolute atomic E-state index is 12.4. The number of halogens is 1. The van der Waals surface area contributed by atoms with Gasteiger partial charge in [-0.1, -0.05) is 54.1 Å². The number of hydrogen-bond acceptors (Lipinski definition) is 1. The van der Waals surface area contributed by atoms with Crippen molar-refractivity contribution < 1.29 is 4.79 Å². The van der Waals surface area contributed by atoms with Crippen molar-refractivity contribution in [3.8, 4) is 22.3 Å². The lowest BCUT2D eigenvalue weighted by molar-refractivity contribution is -0.115. The molecule has 1 aliphatic rings. The van der Waals surface area contributed by atoms with E-state index in [1.54, 1.807) is 11.8 Å². The smallest absolute Gasteiger partial charge is 0.228 e. The average molecular weight is 320 g/mol. The molecular weight excluding hydrogens is 306 g/mol. The molecule has 0 saturated carbocycles. The maximum Gasteiger partial charge on any atom is 0.228 e. The molecule has 23 heavy (non-hydrogen) atoms. The first-order chi connectivity index (χ1) is 11.2. The quantitative estimate of drug-likeness (QED) is 0.522. The van der Waals surface area contributed by atoms with Gasteiger partial charge in [0.25, 0.3) is 0 Å². The maximum atomic E-state index is 12.4. The number of fused-ring (bicyclic) bond motifs is 5. The standard InChI is InChI=1S/C20H14ClNO/c1-13(23)22-19-9-5-4-8-17(19)15-6-2-3-7-16(15)18-12-14(21)10-11-20(18)22/h2-12H,1H3. The van der Waals surface area contributed by atoms with Crippen LogP contribution in [0.25, 0.3) is 22.3 Å². The molecule has 3 heteroatoms. The molecule has 0 aromatic heterocycles. The van der Waals surface area contributed by atoms with E-state index < -0.39 is 0 Å². The highest BCUT2D eigenvalue weighted by atomic mass is 35.5. The first kappa shape index (κ1) is 14.0. The van der Waals surface area contributed by atoms with Crippen LogP contribution in [0.1, 0.15) is 6.92 Å². The molecule has 0 N–H and O–H groups in total. The molecule has 1 aliphatic heterocycles. The SMILES string of the molecule is CC(=O)N1c2ccccc2-c2ccccc2-c2cc(Cl)ccc21. The minimum absolute atomic E-state index is 0.0196. The molecule has 0 saturated heterocycles. The fraction of sp³-hybridized carbons (Fsp3) is 0.0500. The van der Waals surface area contributed by atoms with Crippen molar-refractivity contribution in [2.24, 2.45) is 0 Å². The molecule has 1 amide bonds. The van der Waals surface area contributed by atoms with Crippen molar-refractivity contribution in [1.82, 2.24) is 0 Å². The van der Waals surface area contributed by atoms with E-state index >= 15 is 0 Å². The number of amides is 1.